The number of fused-ring (bicyclic) bond motifs is 1. The largest absolute Gasteiger partial charge is 0.314 e. The van der Waals surface area contributed by atoms with Crippen molar-refractivity contribution in [3.05, 3.63) is 29.2 Å². The van der Waals surface area contributed by atoms with Gasteiger partial charge in [-0.1, -0.05) is 11.6 Å². The Morgan fingerprint density at radius 3 is 3.00 bits per heavy atom. The van der Waals surface area contributed by atoms with Crippen molar-refractivity contribution in [1.29, 1.82) is 0 Å². The highest BCUT2D eigenvalue weighted by Crippen LogP contribution is 2.10. The molecular formula is C12H16ClN5. The lowest BCUT2D eigenvalue weighted by molar-refractivity contribution is 0.242. The number of nitrogens with zero attached hydrogens (tertiary/aromatic N) is 4. The molecule has 0 saturated carbocycles. The van der Waals surface area contributed by atoms with E-state index in [1.807, 2.05) is 18.3 Å². The number of halogens is 1. The third kappa shape index (κ3) is 2.63. The molecule has 96 valence electrons. The Morgan fingerprint density at radius 1 is 1.33 bits per heavy atom. The van der Waals surface area contributed by atoms with Crippen LogP contribution in [0.4, 0.5) is 0 Å². The third-order valence-corrected chi connectivity index (χ3v) is 3.44. The van der Waals surface area contributed by atoms with Crippen molar-refractivity contribution in [2.45, 2.75) is 6.42 Å². The van der Waals surface area contributed by atoms with E-state index in [4.69, 9.17) is 11.6 Å². The van der Waals surface area contributed by atoms with Crippen LogP contribution in [0.1, 0.15) is 5.82 Å². The predicted octanol–water partition coefficient (Wildman–Crippen LogP) is 0.830. The summed E-state index contributed by atoms with van der Waals surface area (Å²) in [5.74, 6) is 0.885. The number of aromatic nitrogens is 3. The molecule has 1 aliphatic heterocycles. The fourth-order valence-electron chi connectivity index (χ4n) is 2.20. The summed E-state index contributed by atoms with van der Waals surface area (Å²) in [6, 6.07) is 3.66. The van der Waals surface area contributed by atoms with E-state index >= 15 is 0 Å². The van der Waals surface area contributed by atoms with E-state index in [-0.39, 0.29) is 0 Å². The topological polar surface area (TPSA) is 45.5 Å². The molecule has 1 fully saturated rings. The fraction of sp³-hybridized carbons (Fsp3) is 0.500. The minimum Gasteiger partial charge on any atom is -0.314 e. The van der Waals surface area contributed by atoms with E-state index in [1.165, 1.54) is 0 Å². The van der Waals surface area contributed by atoms with Gasteiger partial charge in [0.15, 0.2) is 11.5 Å². The zero-order chi connectivity index (χ0) is 12.4. The predicted molar refractivity (Wildman–Crippen MR) is 71.0 cm³/mol. The second-order valence-corrected chi connectivity index (χ2v) is 4.95. The molecule has 1 N–H and O–H groups in total. The molecular weight excluding hydrogens is 250 g/mol. The Kier molecular flexibility index (Phi) is 3.45. The first-order chi connectivity index (χ1) is 8.81. The average Bonchev–Trinajstić information content (AvgIpc) is 2.79. The first kappa shape index (κ1) is 11.9. The van der Waals surface area contributed by atoms with Crippen molar-refractivity contribution in [2.75, 3.05) is 32.7 Å². The number of hydrogen-bond donors (Lipinski definition) is 1. The first-order valence-electron chi connectivity index (χ1n) is 6.25. The summed E-state index contributed by atoms with van der Waals surface area (Å²) >= 11 is 5.93. The summed E-state index contributed by atoms with van der Waals surface area (Å²) in [5, 5.41) is 8.49. The standard InChI is InChI=1S/C12H16ClN5/c13-10-1-6-18-12(9-10)15-11(16-18)2-5-17-7-3-14-4-8-17/h1,6,9,14H,2-5,7-8H2. The molecule has 0 aromatic carbocycles. The monoisotopic (exact) mass is 265 g/mol. The highest BCUT2D eigenvalue weighted by atomic mass is 35.5. The summed E-state index contributed by atoms with van der Waals surface area (Å²) in [5.41, 5.74) is 0.817. The molecule has 5 nitrogen and oxygen atoms in total. The van der Waals surface area contributed by atoms with Gasteiger partial charge in [-0.25, -0.2) is 9.50 Å². The van der Waals surface area contributed by atoms with Crippen LogP contribution in [0.3, 0.4) is 0 Å². The summed E-state index contributed by atoms with van der Waals surface area (Å²) in [4.78, 5) is 6.92. The molecule has 0 radical (unpaired) electrons. The lowest BCUT2D eigenvalue weighted by Gasteiger charge is -2.26. The van der Waals surface area contributed by atoms with Crippen LogP contribution >= 0.6 is 11.6 Å². The van der Waals surface area contributed by atoms with Crippen molar-refractivity contribution in [2.24, 2.45) is 0 Å². The molecule has 0 atom stereocenters. The van der Waals surface area contributed by atoms with Crippen LogP contribution in [0.2, 0.25) is 5.02 Å². The van der Waals surface area contributed by atoms with Crippen molar-refractivity contribution in [3.63, 3.8) is 0 Å². The van der Waals surface area contributed by atoms with E-state index in [2.05, 4.69) is 20.3 Å². The average molecular weight is 266 g/mol. The van der Waals surface area contributed by atoms with E-state index < -0.39 is 0 Å². The van der Waals surface area contributed by atoms with Gasteiger partial charge in [0.2, 0.25) is 0 Å². The second-order valence-electron chi connectivity index (χ2n) is 4.52. The van der Waals surface area contributed by atoms with Gasteiger partial charge in [-0.3, -0.25) is 0 Å². The van der Waals surface area contributed by atoms with Gasteiger partial charge in [0.05, 0.1) is 0 Å². The summed E-state index contributed by atoms with van der Waals surface area (Å²) < 4.78 is 1.78. The number of piperazine rings is 1. The lowest BCUT2D eigenvalue weighted by atomic mass is 10.3. The smallest absolute Gasteiger partial charge is 0.157 e. The fourth-order valence-corrected chi connectivity index (χ4v) is 2.36. The Balaban J connectivity index is 1.67. The van der Waals surface area contributed by atoms with Gasteiger partial charge >= 0.3 is 0 Å². The molecule has 2 aromatic heterocycles. The second kappa shape index (κ2) is 5.22. The Bertz CT molecular complexity index is 532. The molecule has 6 heteroatoms. The molecule has 3 heterocycles. The van der Waals surface area contributed by atoms with Crippen LogP contribution < -0.4 is 5.32 Å². The molecule has 1 aliphatic rings. The molecule has 3 rings (SSSR count). The Labute approximate surface area is 111 Å². The van der Waals surface area contributed by atoms with Crippen molar-refractivity contribution in [3.8, 4) is 0 Å². The van der Waals surface area contributed by atoms with Gasteiger partial charge in [-0.2, -0.15) is 5.10 Å². The van der Waals surface area contributed by atoms with Crippen LogP contribution in [0, 0.1) is 0 Å². The van der Waals surface area contributed by atoms with Crippen molar-refractivity contribution in [1.82, 2.24) is 24.8 Å². The first-order valence-corrected chi connectivity index (χ1v) is 6.63. The van der Waals surface area contributed by atoms with E-state index in [9.17, 15) is 0 Å². The van der Waals surface area contributed by atoms with Crippen molar-refractivity contribution < 1.29 is 0 Å². The quantitative estimate of drug-likeness (QED) is 0.893. The molecule has 0 bridgehead atoms. The maximum atomic E-state index is 5.93. The maximum absolute atomic E-state index is 5.93. The molecule has 0 aliphatic carbocycles. The van der Waals surface area contributed by atoms with Crippen molar-refractivity contribution >= 4 is 17.2 Å². The zero-order valence-electron chi connectivity index (χ0n) is 10.1. The lowest BCUT2D eigenvalue weighted by Crippen LogP contribution is -2.44. The van der Waals surface area contributed by atoms with Gasteiger partial charge in [0.1, 0.15) is 0 Å². The van der Waals surface area contributed by atoms with Gasteiger partial charge in [0.25, 0.3) is 0 Å². The highest BCUT2D eigenvalue weighted by Gasteiger charge is 2.11. The summed E-state index contributed by atoms with van der Waals surface area (Å²) in [7, 11) is 0. The normalized spacial score (nSPS) is 17.4. The van der Waals surface area contributed by atoms with Crippen LogP contribution in [-0.2, 0) is 6.42 Å². The van der Waals surface area contributed by atoms with Gasteiger partial charge in [-0.05, 0) is 6.07 Å². The molecule has 18 heavy (non-hydrogen) atoms. The zero-order valence-corrected chi connectivity index (χ0v) is 10.9. The minimum absolute atomic E-state index is 0.698. The number of rotatable bonds is 3. The minimum atomic E-state index is 0.698. The number of pyridine rings is 1. The molecule has 0 unspecified atom stereocenters. The van der Waals surface area contributed by atoms with Crippen LogP contribution in [0.5, 0.6) is 0 Å². The molecule has 1 saturated heterocycles. The highest BCUT2D eigenvalue weighted by molar-refractivity contribution is 6.30. The Hall–Kier alpha value is -1.17. The number of nitrogens with one attached hydrogen (secondary N) is 1. The van der Waals surface area contributed by atoms with E-state index in [1.54, 1.807) is 4.52 Å². The maximum Gasteiger partial charge on any atom is 0.157 e. The van der Waals surface area contributed by atoms with Gasteiger partial charge in [-0.15, -0.1) is 0 Å². The van der Waals surface area contributed by atoms with Crippen LogP contribution in [-0.4, -0.2) is 52.2 Å². The van der Waals surface area contributed by atoms with Gasteiger partial charge in [0, 0.05) is 56.4 Å². The number of hydrogen-bond acceptors (Lipinski definition) is 4. The summed E-state index contributed by atoms with van der Waals surface area (Å²) in [6.07, 6.45) is 2.73. The van der Waals surface area contributed by atoms with E-state index in [0.29, 0.717) is 5.02 Å². The summed E-state index contributed by atoms with van der Waals surface area (Å²) in [6.45, 7) is 5.40. The van der Waals surface area contributed by atoms with E-state index in [0.717, 1.165) is 50.6 Å². The SMILES string of the molecule is Clc1ccn2nc(CCN3CCNCC3)nc2c1. The van der Waals surface area contributed by atoms with Gasteiger partial charge < -0.3 is 10.2 Å². The van der Waals surface area contributed by atoms with Crippen LogP contribution in [0.25, 0.3) is 5.65 Å². The molecule has 0 spiro atoms. The third-order valence-electron chi connectivity index (χ3n) is 3.20. The Morgan fingerprint density at radius 2 is 2.17 bits per heavy atom. The van der Waals surface area contributed by atoms with Crippen LogP contribution in [0.15, 0.2) is 18.3 Å². The molecule has 0 amide bonds. The molecule has 2 aromatic rings.